The highest BCUT2D eigenvalue weighted by molar-refractivity contribution is 5.97. The number of benzene rings is 3. The Kier molecular flexibility index (Phi) is 6.19. The van der Waals surface area contributed by atoms with Crippen molar-refractivity contribution in [1.82, 2.24) is 24.5 Å². The van der Waals surface area contributed by atoms with Crippen molar-refractivity contribution < 1.29 is 4.79 Å². The van der Waals surface area contributed by atoms with Crippen LogP contribution >= 0.6 is 0 Å². The Hall–Kier alpha value is -4.78. The average Bonchev–Trinajstić information content (AvgIpc) is 3.39. The van der Waals surface area contributed by atoms with Gasteiger partial charge in [0.1, 0.15) is 6.54 Å². The molecule has 7 heteroatoms. The number of hydrogen-bond acceptors (Lipinski definition) is 4. The molecule has 6 rings (SSSR count). The summed E-state index contributed by atoms with van der Waals surface area (Å²) < 4.78 is 3.64. The van der Waals surface area contributed by atoms with Crippen LogP contribution in [-0.2, 0) is 17.9 Å². The maximum absolute atomic E-state index is 13.2. The predicted octanol–water partition coefficient (Wildman–Crippen LogP) is 6.37. The van der Waals surface area contributed by atoms with E-state index in [0.29, 0.717) is 12.2 Å². The van der Waals surface area contributed by atoms with Gasteiger partial charge >= 0.3 is 0 Å². The molecule has 0 saturated heterocycles. The first kappa shape index (κ1) is 24.6. The maximum atomic E-state index is 13.2. The lowest BCUT2D eigenvalue weighted by Crippen LogP contribution is -2.20. The van der Waals surface area contributed by atoms with E-state index in [1.54, 1.807) is 10.9 Å². The van der Waals surface area contributed by atoms with E-state index in [-0.39, 0.29) is 12.5 Å². The number of pyridine rings is 1. The standard InChI is InChI=1S/C32H30N6O/c1-20-9-7-12-25(17-20)28-15-16-33-32-30(28)21(2)35-38(32)19-29(39)34-31-22(3)36-37(23(31)4)18-26-13-8-11-24-10-5-6-14-27(24)26/h5-17H,18-19H2,1-4H3,(H,34,39). The van der Waals surface area contributed by atoms with Gasteiger partial charge in [0.05, 0.1) is 29.3 Å². The second-order valence-electron chi connectivity index (χ2n) is 10.1. The molecule has 1 N–H and O–H groups in total. The number of rotatable bonds is 6. The number of anilines is 1. The number of nitrogens with one attached hydrogen (secondary N) is 1. The molecule has 6 aromatic rings. The van der Waals surface area contributed by atoms with E-state index in [0.717, 1.165) is 39.3 Å². The van der Waals surface area contributed by atoms with Crippen molar-refractivity contribution in [3.05, 3.63) is 107 Å². The zero-order chi connectivity index (χ0) is 27.1. The van der Waals surface area contributed by atoms with Crippen LogP contribution in [0.1, 0.15) is 28.2 Å². The topological polar surface area (TPSA) is 77.6 Å². The van der Waals surface area contributed by atoms with E-state index >= 15 is 0 Å². The molecule has 0 aliphatic rings. The normalized spacial score (nSPS) is 11.4. The van der Waals surface area contributed by atoms with Crippen LogP contribution in [0.15, 0.2) is 79.0 Å². The summed E-state index contributed by atoms with van der Waals surface area (Å²) in [7, 11) is 0. The molecule has 0 saturated carbocycles. The van der Waals surface area contributed by atoms with E-state index < -0.39 is 0 Å². The molecule has 0 radical (unpaired) electrons. The minimum Gasteiger partial charge on any atom is -0.321 e. The van der Waals surface area contributed by atoms with Gasteiger partial charge in [0.15, 0.2) is 5.65 Å². The Morgan fingerprint density at radius 3 is 2.46 bits per heavy atom. The largest absolute Gasteiger partial charge is 0.321 e. The lowest BCUT2D eigenvalue weighted by molar-refractivity contribution is -0.116. The van der Waals surface area contributed by atoms with E-state index in [4.69, 9.17) is 5.10 Å². The molecule has 0 unspecified atom stereocenters. The summed E-state index contributed by atoms with van der Waals surface area (Å²) in [5.41, 5.74) is 8.52. The molecule has 0 spiro atoms. The van der Waals surface area contributed by atoms with Gasteiger partial charge in [0, 0.05) is 11.6 Å². The number of aromatic nitrogens is 5. The van der Waals surface area contributed by atoms with E-state index in [2.05, 4.69) is 83.0 Å². The summed E-state index contributed by atoms with van der Waals surface area (Å²) in [6, 6.07) is 25.0. The number of hydrogen-bond donors (Lipinski definition) is 1. The summed E-state index contributed by atoms with van der Waals surface area (Å²) in [4.78, 5) is 17.8. The summed E-state index contributed by atoms with van der Waals surface area (Å²) in [6.45, 7) is 8.63. The lowest BCUT2D eigenvalue weighted by Gasteiger charge is -2.10. The second-order valence-corrected chi connectivity index (χ2v) is 10.1. The predicted molar refractivity (Wildman–Crippen MR) is 156 cm³/mol. The minimum absolute atomic E-state index is 0.0575. The van der Waals surface area contributed by atoms with Crippen molar-refractivity contribution >= 4 is 33.4 Å². The van der Waals surface area contributed by atoms with Crippen LogP contribution in [0.5, 0.6) is 0 Å². The van der Waals surface area contributed by atoms with Crippen LogP contribution in [0.2, 0.25) is 0 Å². The minimum atomic E-state index is -0.168. The third-order valence-corrected chi connectivity index (χ3v) is 7.28. The molecule has 1 amide bonds. The first-order valence-electron chi connectivity index (χ1n) is 13.1. The van der Waals surface area contributed by atoms with Gasteiger partial charge in [-0.2, -0.15) is 10.2 Å². The van der Waals surface area contributed by atoms with E-state index in [1.165, 1.54) is 21.9 Å². The van der Waals surface area contributed by atoms with Crippen LogP contribution in [0.25, 0.3) is 32.9 Å². The number of fused-ring (bicyclic) bond motifs is 2. The van der Waals surface area contributed by atoms with Gasteiger partial charge in [0.25, 0.3) is 0 Å². The van der Waals surface area contributed by atoms with E-state index in [1.807, 2.05) is 37.6 Å². The molecule has 194 valence electrons. The Balaban J connectivity index is 1.26. The summed E-state index contributed by atoms with van der Waals surface area (Å²) in [5.74, 6) is -0.168. The number of amides is 1. The quantitative estimate of drug-likeness (QED) is 0.280. The highest BCUT2D eigenvalue weighted by Gasteiger charge is 2.19. The summed E-state index contributed by atoms with van der Waals surface area (Å²) in [6.07, 6.45) is 1.78. The molecular weight excluding hydrogens is 484 g/mol. The van der Waals surface area contributed by atoms with Crippen LogP contribution in [0.4, 0.5) is 5.69 Å². The van der Waals surface area contributed by atoms with Gasteiger partial charge in [-0.15, -0.1) is 0 Å². The Labute approximate surface area is 227 Å². The molecule has 0 fully saturated rings. The van der Waals surface area contributed by atoms with Gasteiger partial charge in [0.2, 0.25) is 5.91 Å². The second kappa shape index (κ2) is 9.83. The fourth-order valence-corrected chi connectivity index (χ4v) is 5.38. The molecule has 0 aliphatic carbocycles. The van der Waals surface area contributed by atoms with Crippen LogP contribution in [0, 0.1) is 27.7 Å². The molecule has 39 heavy (non-hydrogen) atoms. The van der Waals surface area contributed by atoms with Gasteiger partial charge in [-0.25, -0.2) is 9.67 Å². The smallest absolute Gasteiger partial charge is 0.246 e. The van der Waals surface area contributed by atoms with Crippen molar-refractivity contribution in [3.8, 4) is 11.1 Å². The SMILES string of the molecule is Cc1cccc(-c2ccnc3c2c(C)nn3CC(=O)Nc2c(C)nn(Cc3cccc4ccccc34)c2C)c1. The van der Waals surface area contributed by atoms with E-state index in [9.17, 15) is 4.79 Å². The molecule has 3 heterocycles. The maximum Gasteiger partial charge on any atom is 0.246 e. The zero-order valence-corrected chi connectivity index (χ0v) is 22.6. The Bertz CT molecular complexity index is 1860. The molecule has 0 aliphatic heterocycles. The molecule has 0 atom stereocenters. The Morgan fingerprint density at radius 2 is 1.62 bits per heavy atom. The summed E-state index contributed by atoms with van der Waals surface area (Å²) >= 11 is 0. The third kappa shape index (κ3) is 4.56. The van der Waals surface area contributed by atoms with Gasteiger partial charge in [-0.1, -0.05) is 72.3 Å². The van der Waals surface area contributed by atoms with Gasteiger partial charge in [-0.05, 0) is 61.2 Å². The zero-order valence-electron chi connectivity index (χ0n) is 22.6. The van der Waals surface area contributed by atoms with Gasteiger partial charge < -0.3 is 5.32 Å². The van der Waals surface area contributed by atoms with Crippen molar-refractivity contribution in [2.24, 2.45) is 0 Å². The summed E-state index contributed by atoms with van der Waals surface area (Å²) in [5, 5.41) is 15.9. The van der Waals surface area contributed by atoms with Crippen LogP contribution in [-0.4, -0.2) is 30.5 Å². The Morgan fingerprint density at radius 1 is 0.846 bits per heavy atom. The molecular formula is C32H30N6O. The monoisotopic (exact) mass is 514 g/mol. The third-order valence-electron chi connectivity index (χ3n) is 7.28. The molecule has 3 aromatic heterocycles. The highest BCUT2D eigenvalue weighted by Crippen LogP contribution is 2.30. The van der Waals surface area contributed by atoms with Crippen molar-refractivity contribution in [1.29, 1.82) is 0 Å². The number of nitrogens with zero attached hydrogens (tertiary/aromatic N) is 5. The van der Waals surface area contributed by atoms with Gasteiger partial charge in [-0.3, -0.25) is 9.48 Å². The fourth-order valence-electron chi connectivity index (χ4n) is 5.38. The van der Waals surface area contributed by atoms with Crippen molar-refractivity contribution in [2.75, 3.05) is 5.32 Å². The molecule has 7 nitrogen and oxygen atoms in total. The molecule has 0 bridgehead atoms. The number of aryl methyl sites for hydroxylation is 3. The van der Waals surface area contributed by atoms with Crippen LogP contribution in [0.3, 0.4) is 0 Å². The average molecular weight is 515 g/mol. The first-order chi connectivity index (χ1) is 18.9. The highest BCUT2D eigenvalue weighted by atomic mass is 16.2. The van der Waals surface area contributed by atoms with Crippen molar-refractivity contribution in [2.45, 2.75) is 40.8 Å². The lowest BCUT2D eigenvalue weighted by atomic mass is 10.0. The van der Waals surface area contributed by atoms with Crippen LogP contribution < -0.4 is 5.32 Å². The first-order valence-corrected chi connectivity index (χ1v) is 13.1. The number of carbonyl (C=O) groups excluding carboxylic acids is 1. The van der Waals surface area contributed by atoms with Crippen molar-refractivity contribution in [3.63, 3.8) is 0 Å². The molecule has 3 aromatic carbocycles. The number of carbonyl (C=O) groups is 1. The fraction of sp³-hybridized carbons (Fsp3) is 0.188.